The minimum atomic E-state index is -0.109. The van der Waals surface area contributed by atoms with Crippen LogP contribution < -0.4 is 5.56 Å². The molecule has 0 N–H and O–H groups in total. The summed E-state index contributed by atoms with van der Waals surface area (Å²) in [6, 6.07) is 68.1. The Hall–Kier alpha value is -7.89. The molecule has 1 aliphatic rings. The van der Waals surface area contributed by atoms with E-state index in [-0.39, 0.29) is 11.5 Å². The summed E-state index contributed by atoms with van der Waals surface area (Å²) in [7, 11) is 0. The monoisotopic (exact) mass is 782 g/mol. The Morgan fingerprint density at radius 1 is 0.492 bits per heavy atom. The molecule has 0 radical (unpaired) electrons. The second kappa shape index (κ2) is 14.1. The number of rotatable bonds is 5. The normalized spacial score (nSPS) is 13.7. The Morgan fingerprint density at radius 2 is 1.15 bits per heavy atom. The molecule has 0 bridgehead atoms. The van der Waals surface area contributed by atoms with Crippen molar-refractivity contribution in [1.82, 2.24) is 19.1 Å². The molecule has 0 aliphatic heterocycles. The highest BCUT2D eigenvalue weighted by atomic mass is 16.1. The molecular weight excluding hydrogens is 745 g/mol. The average molecular weight is 783 g/mol. The summed E-state index contributed by atoms with van der Waals surface area (Å²) >= 11 is 0. The van der Waals surface area contributed by atoms with Crippen LogP contribution in [-0.2, 0) is 6.42 Å². The lowest BCUT2D eigenvalue weighted by Crippen LogP contribution is -2.21. The summed E-state index contributed by atoms with van der Waals surface area (Å²) in [6.45, 7) is 0. The van der Waals surface area contributed by atoms with E-state index >= 15 is 0 Å². The molecule has 61 heavy (non-hydrogen) atoms. The number of fused-ring (bicyclic) bond motifs is 9. The van der Waals surface area contributed by atoms with Crippen LogP contribution in [0.5, 0.6) is 0 Å². The summed E-state index contributed by atoms with van der Waals surface area (Å²) in [5, 5.41) is 3.85. The Labute approximate surface area is 352 Å². The van der Waals surface area contributed by atoms with E-state index < -0.39 is 0 Å². The second-order valence-corrected chi connectivity index (χ2v) is 16.0. The minimum absolute atomic E-state index is 0.0371. The van der Waals surface area contributed by atoms with Gasteiger partial charge in [-0.3, -0.25) is 19.3 Å². The highest BCUT2D eigenvalue weighted by Crippen LogP contribution is 2.45. The molecule has 5 heteroatoms. The fraction of sp³-hybridized carbons (Fsp3) is 0.0536. The first-order valence-corrected chi connectivity index (χ1v) is 21.0. The van der Waals surface area contributed by atoms with Gasteiger partial charge >= 0.3 is 0 Å². The van der Waals surface area contributed by atoms with Crippen molar-refractivity contribution in [2.75, 3.05) is 0 Å². The summed E-state index contributed by atoms with van der Waals surface area (Å²) < 4.78 is 4.15. The van der Waals surface area contributed by atoms with E-state index in [0.717, 1.165) is 51.9 Å². The molecule has 1 aliphatic carbocycles. The third kappa shape index (κ3) is 5.66. The summed E-state index contributed by atoms with van der Waals surface area (Å²) in [5.74, 6) is -0.0371. The Kier molecular flexibility index (Phi) is 8.13. The van der Waals surface area contributed by atoms with Gasteiger partial charge in [-0.2, -0.15) is 0 Å². The zero-order valence-corrected chi connectivity index (χ0v) is 33.2. The molecule has 288 valence electrons. The van der Waals surface area contributed by atoms with Gasteiger partial charge < -0.3 is 4.57 Å². The summed E-state index contributed by atoms with van der Waals surface area (Å²) in [5.41, 5.74) is 15.6. The molecular formula is C56H38N4O. The lowest BCUT2D eigenvalue weighted by Gasteiger charge is -2.21. The summed E-state index contributed by atoms with van der Waals surface area (Å²) in [6.07, 6.45) is 3.58. The van der Waals surface area contributed by atoms with Crippen LogP contribution in [0, 0.1) is 0 Å². The second-order valence-electron chi connectivity index (χ2n) is 16.0. The number of aromatic nitrogens is 4. The van der Waals surface area contributed by atoms with Crippen LogP contribution in [0.4, 0.5) is 0 Å². The smallest absolute Gasteiger partial charge is 0.265 e. The molecule has 5 nitrogen and oxygen atoms in total. The molecule has 0 saturated carbocycles. The fourth-order valence-electron chi connectivity index (χ4n) is 9.84. The Morgan fingerprint density at radius 3 is 1.97 bits per heavy atom. The van der Waals surface area contributed by atoms with E-state index in [1.54, 1.807) is 4.57 Å². The van der Waals surface area contributed by atoms with Crippen molar-refractivity contribution in [1.29, 1.82) is 0 Å². The number of aryl methyl sites for hydroxylation is 1. The van der Waals surface area contributed by atoms with Crippen molar-refractivity contribution in [3.05, 3.63) is 227 Å². The summed E-state index contributed by atoms with van der Waals surface area (Å²) in [4.78, 5) is 25.4. The Bertz CT molecular complexity index is 3550. The van der Waals surface area contributed by atoms with Crippen molar-refractivity contribution in [3.63, 3.8) is 0 Å². The van der Waals surface area contributed by atoms with Crippen molar-refractivity contribution < 1.29 is 0 Å². The first-order valence-electron chi connectivity index (χ1n) is 21.0. The van der Waals surface area contributed by atoms with Crippen LogP contribution in [0.2, 0.25) is 0 Å². The number of hydrogen-bond donors (Lipinski definition) is 0. The number of hydrogen-bond acceptors (Lipinski definition) is 3. The van der Waals surface area contributed by atoms with E-state index in [1.807, 2.05) is 66.9 Å². The molecule has 7 aromatic carbocycles. The standard InChI is InChI=1S/C56H38N4O/c61-56-53-48(55-52(25-14-32-57-55)60(56)41-20-8-3-9-21-41)35-49(58-54(53)37-16-4-1-5-17-37)44-30-26-36-15-10-11-22-42(36)46-33-38(27-29-43(44)46)39-28-31-51-47(34-39)45-23-12-13-24-50(45)59(51)40-18-6-2-7-19-40/h1-25,27-29,31-35,44H,26,30H2. The molecule has 11 aromatic rings. The number of benzene rings is 7. The van der Waals surface area contributed by atoms with Crippen LogP contribution in [0.1, 0.15) is 29.2 Å². The third-order valence-electron chi connectivity index (χ3n) is 12.6. The lowest BCUT2D eigenvalue weighted by molar-refractivity contribution is 0.707. The van der Waals surface area contributed by atoms with E-state index in [1.165, 1.54) is 55.2 Å². The largest absolute Gasteiger partial charge is 0.309 e. The van der Waals surface area contributed by atoms with E-state index in [0.29, 0.717) is 11.1 Å². The molecule has 1 unspecified atom stereocenters. The maximum absolute atomic E-state index is 14.9. The maximum Gasteiger partial charge on any atom is 0.265 e. The predicted octanol–water partition coefficient (Wildman–Crippen LogP) is 13.1. The number of pyridine rings is 3. The molecule has 0 spiro atoms. The topological polar surface area (TPSA) is 52.7 Å². The molecule has 0 fully saturated rings. The quantitative estimate of drug-likeness (QED) is 0.163. The van der Waals surface area contributed by atoms with E-state index in [2.05, 4.69) is 138 Å². The van der Waals surface area contributed by atoms with Gasteiger partial charge in [0, 0.05) is 50.9 Å². The van der Waals surface area contributed by atoms with Gasteiger partial charge in [0.05, 0.1) is 33.1 Å². The number of nitrogens with zero attached hydrogens (tertiary/aromatic N) is 4. The van der Waals surface area contributed by atoms with Crippen molar-refractivity contribution >= 4 is 43.6 Å². The van der Waals surface area contributed by atoms with Crippen LogP contribution in [0.3, 0.4) is 0 Å². The zero-order chi connectivity index (χ0) is 40.4. The molecule has 4 heterocycles. The molecule has 0 saturated heterocycles. The molecule has 1 atom stereocenters. The van der Waals surface area contributed by atoms with Crippen LogP contribution in [0.25, 0.3) is 88.5 Å². The van der Waals surface area contributed by atoms with Crippen LogP contribution in [-0.4, -0.2) is 19.1 Å². The van der Waals surface area contributed by atoms with Gasteiger partial charge in [-0.25, -0.2) is 0 Å². The maximum atomic E-state index is 14.9. The molecule has 12 rings (SSSR count). The van der Waals surface area contributed by atoms with Crippen molar-refractivity contribution in [2.24, 2.45) is 0 Å². The van der Waals surface area contributed by atoms with Crippen LogP contribution >= 0.6 is 0 Å². The SMILES string of the molecule is O=c1c2c(-c3ccccc3)nc(C3CCc4ccccc4-c4cc(-c5ccc6c(c5)c5ccccc5n6-c5ccccc5)ccc43)cc2c2ncccc2n1-c1ccccc1. The van der Waals surface area contributed by atoms with Gasteiger partial charge in [0.25, 0.3) is 5.56 Å². The minimum Gasteiger partial charge on any atom is -0.309 e. The van der Waals surface area contributed by atoms with Gasteiger partial charge in [-0.1, -0.05) is 127 Å². The van der Waals surface area contributed by atoms with Crippen molar-refractivity contribution in [2.45, 2.75) is 18.8 Å². The van der Waals surface area contributed by atoms with Gasteiger partial charge in [0.1, 0.15) is 0 Å². The molecule has 4 aromatic heterocycles. The zero-order valence-electron chi connectivity index (χ0n) is 33.2. The van der Waals surface area contributed by atoms with E-state index in [9.17, 15) is 4.79 Å². The molecule has 0 amide bonds. The first kappa shape index (κ1) is 35.1. The highest BCUT2D eigenvalue weighted by Gasteiger charge is 2.28. The Balaban J connectivity index is 1.07. The van der Waals surface area contributed by atoms with Crippen molar-refractivity contribution in [3.8, 4) is 44.9 Å². The first-order chi connectivity index (χ1) is 30.2. The van der Waals surface area contributed by atoms with Gasteiger partial charge in [-0.05, 0) is 113 Å². The van der Waals surface area contributed by atoms with E-state index in [4.69, 9.17) is 9.97 Å². The third-order valence-corrected chi connectivity index (χ3v) is 12.6. The highest BCUT2D eigenvalue weighted by molar-refractivity contribution is 6.11. The number of para-hydroxylation sites is 3. The van der Waals surface area contributed by atoms with Crippen LogP contribution in [0.15, 0.2) is 205 Å². The van der Waals surface area contributed by atoms with Gasteiger partial charge in [-0.15, -0.1) is 0 Å². The predicted molar refractivity (Wildman–Crippen MR) is 250 cm³/mol. The van der Waals surface area contributed by atoms with Gasteiger partial charge in [0.2, 0.25) is 0 Å². The lowest BCUT2D eigenvalue weighted by atomic mass is 9.85. The van der Waals surface area contributed by atoms with Gasteiger partial charge in [0.15, 0.2) is 0 Å². The average Bonchev–Trinajstić information content (AvgIpc) is 3.56. The fourth-order valence-corrected chi connectivity index (χ4v) is 9.84.